The van der Waals surface area contributed by atoms with Gasteiger partial charge in [0, 0.05) is 18.2 Å². The van der Waals surface area contributed by atoms with Crippen LogP contribution in [0.1, 0.15) is 22.6 Å². The Kier molecular flexibility index (Phi) is 2.78. The van der Waals surface area contributed by atoms with E-state index in [2.05, 4.69) is 30.4 Å². The van der Waals surface area contributed by atoms with Crippen LogP contribution in [-0.2, 0) is 6.42 Å². The summed E-state index contributed by atoms with van der Waals surface area (Å²) < 4.78 is 12.9. The molecule has 0 radical (unpaired) electrons. The number of halogens is 1. The third-order valence-corrected chi connectivity index (χ3v) is 3.69. The molecule has 2 aromatic carbocycles. The zero-order chi connectivity index (χ0) is 12.5. The molecule has 3 rings (SSSR count). The van der Waals surface area contributed by atoms with E-state index in [-0.39, 0.29) is 5.82 Å². The first-order valence-electron chi connectivity index (χ1n) is 6.32. The predicted molar refractivity (Wildman–Crippen MR) is 72.5 cm³/mol. The van der Waals surface area contributed by atoms with Crippen molar-refractivity contribution in [3.8, 4) is 0 Å². The molecule has 0 aliphatic carbocycles. The van der Waals surface area contributed by atoms with Crippen LogP contribution in [0.15, 0.2) is 42.5 Å². The fourth-order valence-corrected chi connectivity index (χ4v) is 2.69. The number of para-hydroxylation sites is 1. The van der Waals surface area contributed by atoms with Crippen molar-refractivity contribution in [3.05, 3.63) is 65.0 Å². The number of rotatable bonds is 1. The molecule has 1 unspecified atom stereocenters. The van der Waals surface area contributed by atoms with Crippen molar-refractivity contribution in [2.45, 2.75) is 19.3 Å². The van der Waals surface area contributed by atoms with Gasteiger partial charge < -0.3 is 5.32 Å². The maximum absolute atomic E-state index is 12.9. The zero-order valence-corrected chi connectivity index (χ0v) is 10.4. The van der Waals surface area contributed by atoms with E-state index in [4.69, 9.17) is 0 Å². The molecule has 0 fully saturated rings. The minimum Gasteiger partial charge on any atom is -0.384 e. The molecule has 1 aliphatic rings. The second kappa shape index (κ2) is 4.45. The molecule has 1 atom stereocenters. The number of hydrogen-bond donors (Lipinski definition) is 1. The van der Waals surface area contributed by atoms with E-state index in [1.807, 2.05) is 12.1 Å². The van der Waals surface area contributed by atoms with Gasteiger partial charge in [0.2, 0.25) is 0 Å². The van der Waals surface area contributed by atoms with E-state index in [1.165, 1.54) is 22.4 Å². The summed E-state index contributed by atoms with van der Waals surface area (Å²) in [5.74, 6) is 0.263. The molecule has 92 valence electrons. The Morgan fingerprint density at radius 3 is 2.67 bits per heavy atom. The van der Waals surface area contributed by atoms with Gasteiger partial charge in [-0.05, 0) is 42.2 Å². The Morgan fingerprint density at radius 1 is 1.11 bits per heavy atom. The topological polar surface area (TPSA) is 12.0 Å². The quantitative estimate of drug-likeness (QED) is 0.798. The van der Waals surface area contributed by atoms with E-state index in [0.29, 0.717) is 5.92 Å². The Bertz CT molecular complexity index is 560. The SMILES string of the molecule is Cc1cccc2c1NCC(c1ccc(F)cc1)C2. The second-order valence-corrected chi connectivity index (χ2v) is 4.94. The van der Waals surface area contributed by atoms with Crippen molar-refractivity contribution in [2.75, 3.05) is 11.9 Å². The van der Waals surface area contributed by atoms with Crippen LogP contribution in [0.3, 0.4) is 0 Å². The number of nitrogens with one attached hydrogen (secondary N) is 1. The molecule has 18 heavy (non-hydrogen) atoms. The van der Waals surface area contributed by atoms with Crippen LogP contribution in [0.2, 0.25) is 0 Å². The van der Waals surface area contributed by atoms with Gasteiger partial charge >= 0.3 is 0 Å². The highest BCUT2D eigenvalue weighted by Gasteiger charge is 2.20. The van der Waals surface area contributed by atoms with E-state index in [0.717, 1.165) is 13.0 Å². The van der Waals surface area contributed by atoms with Gasteiger partial charge in [0.25, 0.3) is 0 Å². The number of anilines is 1. The standard InChI is InChI=1S/C16H16FN/c1-11-3-2-4-13-9-14(10-18-16(11)13)12-5-7-15(17)8-6-12/h2-8,14,18H,9-10H2,1H3. The van der Waals surface area contributed by atoms with Crippen LogP contribution >= 0.6 is 0 Å². The lowest BCUT2D eigenvalue weighted by atomic mass is 9.87. The molecular weight excluding hydrogens is 225 g/mol. The Morgan fingerprint density at radius 2 is 1.89 bits per heavy atom. The van der Waals surface area contributed by atoms with Crippen molar-refractivity contribution in [1.82, 2.24) is 0 Å². The summed E-state index contributed by atoms with van der Waals surface area (Å²) in [6.45, 7) is 3.05. The normalized spacial score (nSPS) is 18.0. The lowest BCUT2D eigenvalue weighted by molar-refractivity contribution is 0.623. The van der Waals surface area contributed by atoms with Crippen molar-refractivity contribution in [3.63, 3.8) is 0 Å². The van der Waals surface area contributed by atoms with E-state index < -0.39 is 0 Å². The smallest absolute Gasteiger partial charge is 0.123 e. The Labute approximate surface area is 107 Å². The maximum Gasteiger partial charge on any atom is 0.123 e. The number of hydrogen-bond acceptors (Lipinski definition) is 1. The highest BCUT2D eigenvalue weighted by Crippen LogP contribution is 2.32. The number of fused-ring (bicyclic) bond motifs is 1. The average Bonchev–Trinajstić information content (AvgIpc) is 2.39. The molecular formula is C16H16FN. The second-order valence-electron chi connectivity index (χ2n) is 4.94. The summed E-state index contributed by atoms with van der Waals surface area (Å²) in [6, 6.07) is 13.3. The molecule has 2 aromatic rings. The van der Waals surface area contributed by atoms with Crippen LogP contribution in [0.4, 0.5) is 10.1 Å². The molecule has 0 saturated carbocycles. The molecule has 2 heteroatoms. The van der Waals surface area contributed by atoms with Gasteiger partial charge in [-0.15, -0.1) is 0 Å². The molecule has 1 nitrogen and oxygen atoms in total. The van der Waals surface area contributed by atoms with Gasteiger partial charge in [-0.1, -0.05) is 30.3 Å². The highest BCUT2D eigenvalue weighted by molar-refractivity contribution is 5.59. The predicted octanol–water partition coefficient (Wildman–Crippen LogP) is 3.89. The summed E-state index contributed by atoms with van der Waals surface area (Å²) in [5.41, 5.74) is 5.13. The molecule has 1 aliphatic heterocycles. The van der Waals surface area contributed by atoms with Gasteiger partial charge in [0.05, 0.1) is 0 Å². The summed E-state index contributed by atoms with van der Waals surface area (Å²) in [7, 11) is 0. The molecule has 0 amide bonds. The first-order chi connectivity index (χ1) is 8.74. The summed E-state index contributed by atoms with van der Waals surface area (Å²) >= 11 is 0. The highest BCUT2D eigenvalue weighted by atomic mass is 19.1. The monoisotopic (exact) mass is 241 g/mol. The van der Waals surface area contributed by atoms with E-state index in [1.54, 1.807) is 12.1 Å². The lowest BCUT2D eigenvalue weighted by Crippen LogP contribution is -2.22. The van der Waals surface area contributed by atoms with E-state index >= 15 is 0 Å². The van der Waals surface area contributed by atoms with Crippen molar-refractivity contribution in [1.29, 1.82) is 0 Å². The van der Waals surface area contributed by atoms with Crippen LogP contribution in [0.25, 0.3) is 0 Å². The number of benzene rings is 2. The Balaban J connectivity index is 1.89. The number of aryl methyl sites for hydroxylation is 1. The lowest BCUT2D eigenvalue weighted by Gasteiger charge is -2.27. The summed E-state index contributed by atoms with van der Waals surface area (Å²) in [6.07, 6.45) is 1.02. The van der Waals surface area contributed by atoms with Gasteiger partial charge in [0.1, 0.15) is 5.82 Å². The first kappa shape index (κ1) is 11.3. The van der Waals surface area contributed by atoms with Crippen LogP contribution in [0, 0.1) is 12.7 Å². The van der Waals surface area contributed by atoms with Crippen LogP contribution < -0.4 is 5.32 Å². The van der Waals surface area contributed by atoms with Gasteiger partial charge in [-0.3, -0.25) is 0 Å². The molecule has 1 heterocycles. The minimum atomic E-state index is -0.168. The van der Waals surface area contributed by atoms with Crippen LogP contribution in [0.5, 0.6) is 0 Å². The third kappa shape index (κ3) is 1.99. The molecule has 0 aromatic heterocycles. The van der Waals surface area contributed by atoms with Crippen molar-refractivity contribution < 1.29 is 4.39 Å². The average molecular weight is 241 g/mol. The fraction of sp³-hybridized carbons (Fsp3) is 0.250. The molecule has 1 N–H and O–H groups in total. The molecule has 0 saturated heterocycles. The molecule has 0 bridgehead atoms. The molecule has 0 spiro atoms. The van der Waals surface area contributed by atoms with Crippen molar-refractivity contribution >= 4 is 5.69 Å². The maximum atomic E-state index is 12.9. The fourth-order valence-electron chi connectivity index (χ4n) is 2.69. The van der Waals surface area contributed by atoms with Crippen molar-refractivity contribution in [2.24, 2.45) is 0 Å². The summed E-state index contributed by atoms with van der Waals surface area (Å²) in [5, 5.41) is 3.50. The minimum absolute atomic E-state index is 0.168. The van der Waals surface area contributed by atoms with Gasteiger partial charge in [0.15, 0.2) is 0 Å². The summed E-state index contributed by atoms with van der Waals surface area (Å²) in [4.78, 5) is 0. The van der Waals surface area contributed by atoms with E-state index in [9.17, 15) is 4.39 Å². The van der Waals surface area contributed by atoms with Gasteiger partial charge in [-0.2, -0.15) is 0 Å². The Hall–Kier alpha value is -1.83. The largest absolute Gasteiger partial charge is 0.384 e. The third-order valence-electron chi connectivity index (χ3n) is 3.69. The zero-order valence-electron chi connectivity index (χ0n) is 10.4. The first-order valence-corrected chi connectivity index (χ1v) is 6.32. The van der Waals surface area contributed by atoms with Gasteiger partial charge in [-0.25, -0.2) is 4.39 Å². The van der Waals surface area contributed by atoms with Crippen LogP contribution in [-0.4, -0.2) is 6.54 Å².